The summed E-state index contributed by atoms with van der Waals surface area (Å²) in [4.78, 5) is 30.0. The van der Waals surface area contributed by atoms with Gasteiger partial charge in [0.05, 0.1) is 0 Å². The maximum absolute atomic E-state index is 11.2. The monoisotopic (exact) mass is 256 g/mol. The van der Waals surface area contributed by atoms with E-state index in [0.717, 1.165) is 0 Å². The summed E-state index contributed by atoms with van der Waals surface area (Å²) < 4.78 is 0. The number of nitrogens with two attached hydrogens (primary N) is 1. The van der Waals surface area contributed by atoms with E-state index in [-0.39, 0.29) is 6.54 Å². The molecular weight excluding hydrogens is 244 g/mol. The number of rotatable bonds is 3. The SMILES string of the molecule is Nc1ccc(C(=O)NCC(=O)O)cc1.O=C(O)O. The lowest BCUT2D eigenvalue weighted by molar-refractivity contribution is -0.135. The second kappa shape index (κ2) is 7.49. The molecule has 0 bridgehead atoms. The Kier molecular flexibility index (Phi) is 6.34. The Hall–Kier alpha value is -2.77. The molecule has 1 aromatic rings. The van der Waals surface area contributed by atoms with Gasteiger partial charge in [-0.2, -0.15) is 0 Å². The molecular formula is C10H12N2O6. The van der Waals surface area contributed by atoms with Gasteiger partial charge in [0.1, 0.15) is 6.54 Å². The summed E-state index contributed by atoms with van der Waals surface area (Å²) in [5.41, 5.74) is 6.37. The maximum Gasteiger partial charge on any atom is 0.503 e. The van der Waals surface area contributed by atoms with Crippen molar-refractivity contribution >= 4 is 23.7 Å². The van der Waals surface area contributed by atoms with Crippen molar-refractivity contribution < 1.29 is 29.7 Å². The Balaban J connectivity index is 0.000000631. The van der Waals surface area contributed by atoms with Crippen LogP contribution in [0, 0.1) is 0 Å². The number of amides is 1. The van der Waals surface area contributed by atoms with Crippen LogP contribution in [0.5, 0.6) is 0 Å². The number of benzene rings is 1. The average Bonchev–Trinajstić information content (AvgIpc) is 2.26. The van der Waals surface area contributed by atoms with Gasteiger partial charge in [0.25, 0.3) is 5.91 Å². The van der Waals surface area contributed by atoms with Crippen LogP contribution >= 0.6 is 0 Å². The van der Waals surface area contributed by atoms with Gasteiger partial charge in [0.15, 0.2) is 0 Å². The van der Waals surface area contributed by atoms with Crippen LogP contribution in [0.1, 0.15) is 10.4 Å². The maximum atomic E-state index is 11.2. The van der Waals surface area contributed by atoms with Gasteiger partial charge in [0, 0.05) is 11.3 Å². The predicted octanol–water partition coefficient (Wildman–Crippen LogP) is 0.306. The van der Waals surface area contributed by atoms with Gasteiger partial charge in [-0.1, -0.05) is 0 Å². The third kappa shape index (κ3) is 7.51. The fourth-order valence-electron chi connectivity index (χ4n) is 0.892. The number of carbonyl (C=O) groups is 3. The van der Waals surface area contributed by atoms with Crippen molar-refractivity contribution in [2.24, 2.45) is 0 Å². The summed E-state index contributed by atoms with van der Waals surface area (Å²) in [5.74, 6) is -1.50. The van der Waals surface area contributed by atoms with Gasteiger partial charge < -0.3 is 26.4 Å². The lowest BCUT2D eigenvalue weighted by atomic mass is 10.2. The Morgan fingerprint density at radius 1 is 1.06 bits per heavy atom. The molecule has 1 amide bonds. The highest BCUT2D eigenvalue weighted by atomic mass is 16.6. The first-order valence-corrected chi connectivity index (χ1v) is 4.60. The van der Waals surface area contributed by atoms with E-state index in [1.165, 1.54) is 12.1 Å². The second-order valence-electron chi connectivity index (χ2n) is 2.98. The van der Waals surface area contributed by atoms with Crippen LogP contribution in [0.4, 0.5) is 10.5 Å². The van der Waals surface area contributed by atoms with Crippen molar-refractivity contribution in [2.75, 3.05) is 12.3 Å². The molecule has 8 heteroatoms. The first-order chi connectivity index (χ1) is 8.32. The Morgan fingerprint density at radius 3 is 1.89 bits per heavy atom. The van der Waals surface area contributed by atoms with Crippen LogP contribution in [0.2, 0.25) is 0 Å². The molecule has 0 saturated heterocycles. The number of nitrogens with one attached hydrogen (secondary N) is 1. The summed E-state index contributed by atoms with van der Waals surface area (Å²) >= 11 is 0. The van der Waals surface area contributed by atoms with Crippen molar-refractivity contribution in [3.05, 3.63) is 29.8 Å². The Bertz CT molecular complexity index is 424. The van der Waals surface area contributed by atoms with Crippen molar-refractivity contribution in [1.29, 1.82) is 0 Å². The number of carbonyl (C=O) groups excluding carboxylic acids is 1. The molecule has 98 valence electrons. The average molecular weight is 256 g/mol. The quantitative estimate of drug-likeness (QED) is 0.488. The van der Waals surface area contributed by atoms with E-state index in [9.17, 15) is 9.59 Å². The van der Waals surface area contributed by atoms with E-state index in [4.69, 9.17) is 25.8 Å². The largest absolute Gasteiger partial charge is 0.503 e. The van der Waals surface area contributed by atoms with E-state index in [1.54, 1.807) is 12.1 Å². The minimum absolute atomic E-state index is 0.386. The number of carboxylic acids is 1. The molecule has 0 aromatic heterocycles. The van der Waals surface area contributed by atoms with Crippen LogP contribution in [-0.4, -0.2) is 39.9 Å². The molecule has 0 heterocycles. The highest BCUT2D eigenvalue weighted by molar-refractivity contribution is 5.95. The standard InChI is InChI=1S/C9H10N2O3.CH2O3/c10-7-3-1-6(2-4-7)9(14)11-5-8(12)13;2-1(3)4/h1-4H,5,10H2,(H,11,14)(H,12,13);(H2,2,3,4). The van der Waals surface area contributed by atoms with Crippen molar-refractivity contribution in [1.82, 2.24) is 5.32 Å². The smallest absolute Gasteiger partial charge is 0.480 e. The van der Waals surface area contributed by atoms with E-state index in [0.29, 0.717) is 11.3 Å². The van der Waals surface area contributed by atoms with Crippen LogP contribution < -0.4 is 11.1 Å². The van der Waals surface area contributed by atoms with Gasteiger partial charge in [-0.05, 0) is 24.3 Å². The molecule has 1 rings (SSSR count). The minimum atomic E-state index is -1.83. The lowest BCUT2D eigenvalue weighted by Crippen LogP contribution is -2.29. The lowest BCUT2D eigenvalue weighted by Gasteiger charge is -2.01. The summed E-state index contributed by atoms with van der Waals surface area (Å²) in [7, 11) is 0. The van der Waals surface area contributed by atoms with Crippen LogP contribution in [-0.2, 0) is 4.79 Å². The van der Waals surface area contributed by atoms with Crippen molar-refractivity contribution in [3.8, 4) is 0 Å². The van der Waals surface area contributed by atoms with E-state index in [1.807, 2.05) is 0 Å². The van der Waals surface area contributed by atoms with E-state index >= 15 is 0 Å². The zero-order valence-electron chi connectivity index (χ0n) is 9.16. The highest BCUT2D eigenvalue weighted by Gasteiger charge is 2.05. The number of aliphatic carboxylic acids is 1. The van der Waals surface area contributed by atoms with Crippen LogP contribution in [0.15, 0.2) is 24.3 Å². The Morgan fingerprint density at radius 2 is 1.50 bits per heavy atom. The molecule has 0 aliphatic carbocycles. The summed E-state index contributed by atoms with van der Waals surface area (Å²) in [5, 5.41) is 24.5. The first kappa shape index (κ1) is 15.2. The molecule has 0 aliphatic heterocycles. The molecule has 18 heavy (non-hydrogen) atoms. The van der Waals surface area contributed by atoms with Gasteiger partial charge in [-0.25, -0.2) is 4.79 Å². The number of carboxylic acid groups (broad SMARTS) is 3. The zero-order chi connectivity index (χ0) is 14.1. The van der Waals surface area contributed by atoms with Gasteiger partial charge >= 0.3 is 12.1 Å². The molecule has 1 aromatic carbocycles. The van der Waals surface area contributed by atoms with Gasteiger partial charge in [-0.3, -0.25) is 9.59 Å². The highest BCUT2D eigenvalue weighted by Crippen LogP contribution is 2.04. The number of hydrogen-bond donors (Lipinski definition) is 5. The first-order valence-electron chi connectivity index (χ1n) is 4.60. The summed E-state index contributed by atoms with van der Waals surface area (Å²) in [6.07, 6.45) is -1.83. The molecule has 0 atom stereocenters. The van der Waals surface area contributed by atoms with E-state index < -0.39 is 18.0 Å². The van der Waals surface area contributed by atoms with Crippen LogP contribution in [0.3, 0.4) is 0 Å². The topological polar surface area (TPSA) is 150 Å². The van der Waals surface area contributed by atoms with Crippen molar-refractivity contribution in [3.63, 3.8) is 0 Å². The number of nitrogen functional groups attached to an aromatic ring is 1. The van der Waals surface area contributed by atoms with Crippen molar-refractivity contribution in [2.45, 2.75) is 0 Å². The summed E-state index contributed by atoms with van der Waals surface area (Å²) in [6, 6.07) is 6.23. The molecule has 8 nitrogen and oxygen atoms in total. The third-order valence-corrected chi connectivity index (χ3v) is 1.57. The molecule has 0 aliphatic rings. The summed E-state index contributed by atoms with van der Waals surface area (Å²) in [6.45, 7) is -0.386. The molecule has 0 spiro atoms. The Labute approximate surface area is 102 Å². The third-order valence-electron chi connectivity index (χ3n) is 1.57. The normalized spacial score (nSPS) is 8.67. The van der Waals surface area contributed by atoms with E-state index in [2.05, 4.69) is 5.32 Å². The molecule has 0 radical (unpaired) electrons. The van der Waals surface area contributed by atoms with Crippen LogP contribution in [0.25, 0.3) is 0 Å². The fourth-order valence-corrected chi connectivity index (χ4v) is 0.892. The molecule has 0 saturated carbocycles. The fraction of sp³-hybridized carbons (Fsp3) is 0.100. The zero-order valence-corrected chi connectivity index (χ0v) is 9.16. The number of anilines is 1. The molecule has 6 N–H and O–H groups in total. The molecule has 0 fully saturated rings. The van der Waals surface area contributed by atoms with Gasteiger partial charge in [0.2, 0.25) is 0 Å². The molecule has 0 unspecified atom stereocenters. The second-order valence-corrected chi connectivity index (χ2v) is 2.98. The van der Waals surface area contributed by atoms with Gasteiger partial charge in [-0.15, -0.1) is 0 Å². The number of hydrogen-bond acceptors (Lipinski definition) is 4. The minimum Gasteiger partial charge on any atom is -0.480 e. The predicted molar refractivity (Wildman–Crippen MR) is 61.5 cm³/mol.